The third kappa shape index (κ3) is 5.87. The van der Waals surface area contributed by atoms with Crippen LogP contribution in [0.5, 0.6) is 0 Å². The minimum absolute atomic E-state index is 0. The maximum atomic E-state index is 4.92. The molecule has 2 unspecified atom stereocenters. The average molecular weight is 533 g/mol. The molecule has 0 bridgehead atoms. The van der Waals surface area contributed by atoms with E-state index in [0.717, 1.165) is 50.7 Å². The highest BCUT2D eigenvalue weighted by atomic mass is 127. The van der Waals surface area contributed by atoms with E-state index in [-0.39, 0.29) is 24.0 Å². The van der Waals surface area contributed by atoms with Crippen LogP contribution in [-0.4, -0.2) is 56.4 Å². The van der Waals surface area contributed by atoms with Crippen LogP contribution in [0.3, 0.4) is 0 Å². The van der Waals surface area contributed by atoms with Crippen LogP contribution in [0, 0.1) is 5.92 Å². The Labute approximate surface area is 201 Å². The molecule has 0 saturated carbocycles. The molecule has 3 heterocycles. The molecule has 31 heavy (non-hydrogen) atoms. The lowest BCUT2D eigenvalue weighted by atomic mass is 9.93. The van der Waals surface area contributed by atoms with Gasteiger partial charge < -0.3 is 14.8 Å². The molecule has 0 spiro atoms. The SMILES string of the molecule is CCNC(=NCCc1cnn(-c2ccccc2)c1)N1CCC(C)C(n2ccnc2)C1.I. The molecule has 1 aromatic carbocycles. The van der Waals surface area contributed by atoms with Crippen molar-refractivity contribution in [1.82, 2.24) is 29.5 Å². The normalized spacial score (nSPS) is 19.2. The molecule has 4 rings (SSSR count). The lowest BCUT2D eigenvalue weighted by molar-refractivity contribution is 0.189. The van der Waals surface area contributed by atoms with Gasteiger partial charge in [0.15, 0.2) is 5.96 Å². The number of para-hydroxylation sites is 1. The number of piperidine rings is 1. The number of aromatic nitrogens is 4. The number of halogens is 1. The molecule has 3 aromatic rings. The van der Waals surface area contributed by atoms with Crippen LogP contribution in [0.25, 0.3) is 5.69 Å². The van der Waals surface area contributed by atoms with Crippen molar-refractivity contribution in [2.45, 2.75) is 32.7 Å². The number of likely N-dealkylation sites (tertiary alicyclic amines) is 1. The second-order valence-corrected chi connectivity index (χ2v) is 7.90. The summed E-state index contributed by atoms with van der Waals surface area (Å²) < 4.78 is 4.16. The van der Waals surface area contributed by atoms with Gasteiger partial charge in [-0.3, -0.25) is 4.99 Å². The van der Waals surface area contributed by atoms with Gasteiger partial charge in [-0.25, -0.2) is 9.67 Å². The van der Waals surface area contributed by atoms with Crippen LogP contribution in [0.1, 0.15) is 31.9 Å². The van der Waals surface area contributed by atoms with Gasteiger partial charge in [0.2, 0.25) is 0 Å². The Morgan fingerprint density at radius 2 is 2.10 bits per heavy atom. The molecular formula is C23H32IN7. The van der Waals surface area contributed by atoms with Gasteiger partial charge in [0, 0.05) is 44.8 Å². The zero-order chi connectivity index (χ0) is 20.8. The molecule has 0 amide bonds. The van der Waals surface area contributed by atoms with Crippen molar-refractivity contribution in [3.05, 3.63) is 67.0 Å². The summed E-state index contributed by atoms with van der Waals surface area (Å²) in [6.07, 6.45) is 11.9. The summed E-state index contributed by atoms with van der Waals surface area (Å²) in [5, 5.41) is 7.97. The number of benzene rings is 1. The lowest BCUT2D eigenvalue weighted by Gasteiger charge is -2.39. The van der Waals surface area contributed by atoms with Crippen molar-refractivity contribution >= 4 is 29.9 Å². The first-order valence-corrected chi connectivity index (χ1v) is 10.8. The average Bonchev–Trinajstić information content (AvgIpc) is 3.47. The zero-order valence-electron chi connectivity index (χ0n) is 18.3. The van der Waals surface area contributed by atoms with Crippen molar-refractivity contribution in [3.63, 3.8) is 0 Å². The molecular weight excluding hydrogens is 501 g/mol. The van der Waals surface area contributed by atoms with Crippen molar-refractivity contribution in [2.75, 3.05) is 26.2 Å². The summed E-state index contributed by atoms with van der Waals surface area (Å²) in [5.74, 6) is 1.63. The molecule has 1 aliphatic rings. The maximum Gasteiger partial charge on any atom is 0.193 e. The van der Waals surface area contributed by atoms with E-state index in [1.54, 1.807) is 0 Å². The largest absolute Gasteiger partial charge is 0.357 e. The highest BCUT2D eigenvalue weighted by molar-refractivity contribution is 14.0. The molecule has 0 radical (unpaired) electrons. The monoisotopic (exact) mass is 533 g/mol. The number of hydrogen-bond acceptors (Lipinski definition) is 3. The molecule has 1 fully saturated rings. The number of aliphatic imine (C=N–C) groups is 1. The number of hydrogen-bond donors (Lipinski definition) is 1. The van der Waals surface area contributed by atoms with E-state index in [0.29, 0.717) is 12.0 Å². The van der Waals surface area contributed by atoms with Gasteiger partial charge in [0.1, 0.15) is 0 Å². The predicted octanol–water partition coefficient (Wildman–Crippen LogP) is 3.78. The standard InChI is InChI=1S/C23H31N7.HI/c1-3-25-23(28-13-10-19(2)22(17-28)29-14-12-24-18-29)26-11-9-20-15-27-30(16-20)21-7-5-4-6-8-21;/h4-8,12,14-16,18-19,22H,3,9-11,13,17H2,1-2H3,(H,25,26);1H. The first-order chi connectivity index (χ1) is 14.7. The highest BCUT2D eigenvalue weighted by Gasteiger charge is 2.28. The van der Waals surface area contributed by atoms with Crippen LogP contribution in [-0.2, 0) is 6.42 Å². The van der Waals surface area contributed by atoms with Crippen molar-refractivity contribution < 1.29 is 0 Å². The topological polar surface area (TPSA) is 63.3 Å². The molecule has 0 aliphatic carbocycles. The minimum Gasteiger partial charge on any atom is -0.357 e. The van der Waals surface area contributed by atoms with Crippen LogP contribution in [0.4, 0.5) is 0 Å². The maximum absolute atomic E-state index is 4.92. The van der Waals surface area contributed by atoms with Gasteiger partial charge in [0.05, 0.1) is 24.3 Å². The van der Waals surface area contributed by atoms with Crippen molar-refractivity contribution in [1.29, 1.82) is 0 Å². The first-order valence-electron chi connectivity index (χ1n) is 10.8. The first kappa shape index (κ1) is 23.3. The summed E-state index contributed by atoms with van der Waals surface area (Å²) in [4.78, 5) is 11.6. The lowest BCUT2D eigenvalue weighted by Crippen LogP contribution is -2.49. The van der Waals surface area contributed by atoms with Gasteiger partial charge in [-0.2, -0.15) is 5.10 Å². The summed E-state index contributed by atoms with van der Waals surface area (Å²) >= 11 is 0. The number of nitrogens with zero attached hydrogens (tertiary/aromatic N) is 6. The van der Waals surface area contributed by atoms with Crippen LogP contribution in [0.15, 0.2) is 66.4 Å². The van der Waals surface area contributed by atoms with Crippen molar-refractivity contribution in [3.8, 4) is 5.69 Å². The van der Waals surface area contributed by atoms with Gasteiger partial charge in [-0.1, -0.05) is 25.1 Å². The Balaban J connectivity index is 0.00000272. The van der Waals surface area contributed by atoms with E-state index in [4.69, 9.17) is 4.99 Å². The molecule has 8 heteroatoms. The molecule has 2 aromatic heterocycles. The van der Waals surface area contributed by atoms with Gasteiger partial charge >= 0.3 is 0 Å². The predicted molar refractivity (Wildman–Crippen MR) is 135 cm³/mol. The van der Waals surface area contributed by atoms with Gasteiger partial charge in [0.25, 0.3) is 0 Å². The Kier molecular flexibility index (Phi) is 8.51. The van der Waals surface area contributed by atoms with Crippen LogP contribution < -0.4 is 5.32 Å². The smallest absolute Gasteiger partial charge is 0.193 e. The summed E-state index contributed by atoms with van der Waals surface area (Å²) in [6.45, 7) is 8.05. The molecule has 166 valence electrons. The molecule has 2 atom stereocenters. The summed E-state index contributed by atoms with van der Waals surface area (Å²) in [5.41, 5.74) is 2.27. The van der Waals surface area contributed by atoms with Gasteiger partial charge in [-0.05, 0) is 43.4 Å². The Morgan fingerprint density at radius 1 is 1.26 bits per heavy atom. The van der Waals surface area contributed by atoms with E-state index in [9.17, 15) is 0 Å². The van der Waals surface area contributed by atoms with Crippen LogP contribution >= 0.6 is 24.0 Å². The Bertz CT molecular complexity index is 936. The molecule has 1 N–H and O–H groups in total. The quantitative estimate of drug-likeness (QED) is 0.298. The number of nitrogens with one attached hydrogen (secondary N) is 1. The van der Waals surface area contributed by atoms with E-state index in [1.807, 2.05) is 41.6 Å². The fraction of sp³-hybridized carbons (Fsp3) is 0.435. The zero-order valence-corrected chi connectivity index (χ0v) is 20.6. The number of rotatable bonds is 6. The van der Waals surface area contributed by atoms with Crippen molar-refractivity contribution in [2.24, 2.45) is 10.9 Å². The Hall–Kier alpha value is -2.36. The molecule has 1 aliphatic heterocycles. The summed E-state index contributed by atoms with van der Waals surface area (Å²) in [7, 11) is 0. The van der Waals surface area contributed by atoms with E-state index in [1.165, 1.54) is 5.56 Å². The van der Waals surface area contributed by atoms with E-state index >= 15 is 0 Å². The van der Waals surface area contributed by atoms with E-state index in [2.05, 4.69) is 63.2 Å². The highest BCUT2D eigenvalue weighted by Crippen LogP contribution is 2.27. The summed E-state index contributed by atoms with van der Waals surface area (Å²) in [6, 6.07) is 10.6. The second-order valence-electron chi connectivity index (χ2n) is 7.90. The minimum atomic E-state index is 0. The van der Waals surface area contributed by atoms with E-state index < -0.39 is 0 Å². The molecule has 1 saturated heterocycles. The Morgan fingerprint density at radius 3 is 2.84 bits per heavy atom. The van der Waals surface area contributed by atoms with Gasteiger partial charge in [-0.15, -0.1) is 24.0 Å². The third-order valence-corrected chi connectivity index (χ3v) is 5.78. The fourth-order valence-electron chi connectivity index (χ4n) is 4.02. The third-order valence-electron chi connectivity index (χ3n) is 5.78. The fourth-order valence-corrected chi connectivity index (χ4v) is 4.02. The molecule has 7 nitrogen and oxygen atoms in total. The number of imidazole rings is 1. The number of guanidine groups is 1. The second kappa shape index (κ2) is 11.3. The van der Waals surface area contributed by atoms with Crippen LogP contribution in [0.2, 0.25) is 0 Å².